The average molecular weight is 362 g/mol. The monoisotopic (exact) mass is 362 g/mol. The van der Waals surface area contributed by atoms with E-state index < -0.39 is 46.4 Å². The van der Waals surface area contributed by atoms with Gasteiger partial charge in [0.05, 0.1) is 5.56 Å². The SMILES string of the molecule is CC1C(=O)CC2CC1OOC2(C)/C=C/c1c(F)c(F)c(F)c(F)c1F. The Labute approximate surface area is 140 Å². The highest BCUT2D eigenvalue weighted by molar-refractivity contribution is 5.82. The van der Waals surface area contributed by atoms with Crippen molar-refractivity contribution in [2.75, 3.05) is 0 Å². The third kappa shape index (κ3) is 2.87. The second-order valence-electron chi connectivity index (χ2n) is 6.61. The van der Waals surface area contributed by atoms with Gasteiger partial charge in [0.1, 0.15) is 17.5 Å². The first-order chi connectivity index (χ1) is 11.7. The molecule has 0 radical (unpaired) electrons. The fourth-order valence-corrected chi connectivity index (χ4v) is 3.18. The van der Waals surface area contributed by atoms with Gasteiger partial charge in [0.25, 0.3) is 0 Å². The lowest BCUT2D eigenvalue weighted by Crippen LogP contribution is -2.52. The number of Topliss-reactive ketones (excluding diaryl/α,β-unsaturated/α-hetero) is 1. The molecule has 25 heavy (non-hydrogen) atoms. The zero-order valence-electron chi connectivity index (χ0n) is 13.4. The predicted octanol–water partition coefficient (Wildman–Crippen LogP) is 4.10. The standard InChI is InChI=1S/C17H15F5O3/c1-7-10(23)5-8-6-11(7)24-25-17(8,2)4-3-9-12(18)14(20)16(22)15(21)13(9)19/h3-4,7-8,11H,5-6H2,1-2H3/b4-3+. The molecule has 1 aliphatic carbocycles. The topological polar surface area (TPSA) is 35.5 Å². The molecule has 1 aromatic carbocycles. The maximum atomic E-state index is 13.7. The molecule has 0 spiro atoms. The Morgan fingerprint density at radius 3 is 2.20 bits per heavy atom. The summed E-state index contributed by atoms with van der Waals surface area (Å²) in [6.45, 7) is 3.25. The molecule has 1 saturated carbocycles. The van der Waals surface area contributed by atoms with Crippen LogP contribution in [0.1, 0.15) is 32.3 Å². The van der Waals surface area contributed by atoms with Crippen LogP contribution in [0.2, 0.25) is 0 Å². The fraction of sp³-hybridized carbons (Fsp3) is 0.471. The second kappa shape index (κ2) is 6.17. The molecule has 2 bridgehead atoms. The largest absolute Gasteiger partial charge is 0.299 e. The van der Waals surface area contributed by atoms with Crippen LogP contribution in [-0.4, -0.2) is 17.5 Å². The van der Waals surface area contributed by atoms with Crippen molar-refractivity contribution >= 4 is 11.9 Å². The van der Waals surface area contributed by atoms with Crippen LogP contribution in [0.3, 0.4) is 0 Å². The molecule has 3 nitrogen and oxygen atoms in total. The summed E-state index contributed by atoms with van der Waals surface area (Å²) in [5.41, 5.74) is -2.30. The predicted molar refractivity (Wildman–Crippen MR) is 76.5 cm³/mol. The lowest BCUT2D eigenvalue weighted by atomic mass is 9.71. The summed E-state index contributed by atoms with van der Waals surface area (Å²) in [4.78, 5) is 22.5. The van der Waals surface area contributed by atoms with Gasteiger partial charge < -0.3 is 0 Å². The fourth-order valence-electron chi connectivity index (χ4n) is 3.18. The molecule has 2 aliphatic rings. The van der Waals surface area contributed by atoms with E-state index in [-0.39, 0.29) is 24.0 Å². The summed E-state index contributed by atoms with van der Waals surface area (Å²) >= 11 is 0. The summed E-state index contributed by atoms with van der Waals surface area (Å²) < 4.78 is 67.1. The van der Waals surface area contributed by atoms with E-state index >= 15 is 0 Å². The minimum atomic E-state index is -2.22. The number of ketones is 1. The lowest BCUT2D eigenvalue weighted by molar-refractivity contribution is -0.415. The molecule has 0 N–H and O–H groups in total. The van der Waals surface area contributed by atoms with Crippen LogP contribution in [0, 0.1) is 40.9 Å². The van der Waals surface area contributed by atoms with Crippen molar-refractivity contribution in [3.05, 3.63) is 40.7 Å². The number of fused-ring (bicyclic) bond motifs is 2. The van der Waals surface area contributed by atoms with Gasteiger partial charge in [0.2, 0.25) is 5.82 Å². The van der Waals surface area contributed by atoms with Gasteiger partial charge in [-0.1, -0.05) is 6.92 Å². The molecule has 8 heteroatoms. The summed E-state index contributed by atoms with van der Waals surface area (Å²) in [6.07, 6.45) is 2.18. The number of hydrogen-bond donors (Lipinski definition) is 0. The third-order valence-corrected chi connectivity index (χ3v) is 5.02. The van der Waals surface area contributed by atoms with Crippen molar-refractivity contribution in [3.63, 3.8) is 0 Å². The highest BCUT2D eigenvalue weighted by Crippen LogP contribution is 2.43. The van der Waals surface area contributed by atoms with Crippen molar-refractivity contribution in [2.24, 2.45) is 11.8 Å². The molecular formula is C17H15F5O3. The number of rotatable bonds is 2. The first kappa shape index (κ1) is 18.0. The highest BCUT2D eigenvalue weighted by atomic mass is 19.2. The van der Waals surface area contributed by atoms with Crippen LogP contribution in [0.15, 0.2) is 6.08 Å². The Kier molecular flexibility index (Phi) is 4.45. The summed E-state index contributed by atoms with van der Waals surface area (Å²) in [6, 6.07) is 0. The van der Waals surface area contributed by atoms with Crippen LogP contribution < -0.4 is 0 Å². The van der Waals surface area contributed by atoms with Gasteiger partial charge in [0, 0.05) is 18.3 Å². The number of halogens is 5. The van der Waals surface area contributed by atoms with E-state index in [0.717, 1.165) is 12.2 Å². The van der Waals surface area contributed by atoms with Crippen LogP contribution >= 0.6 is 0 Å². The minimum absolute atomic E-state index is 0.0274. The molecule has 1 aromatic rings. The Balaban J connectivity index is 1.94. The Morgan fingerprint density at radius 2 is 1.60 bits per heavy atom. The van der Waals surface area contributed by atoms with Crippen molar-refractivity contribution in [1.29, 1.82) is 0 Å². The third-order valence-electron chi connectivity index (χ3n) is 5.02. The Hall–Kier alpha value is -1.80. The van der Waals surface area contributed by atoms with E-state index in [1.54, 1.807) is 6.92 Å². The van der Waals surface area contributed by atoms with Gasteiger partial charge in [-0.25, -0.2) is 31.7 Å². The second-order valence-corrected chi connectivity index (χ2v) is 6.61. The molecule has 2 fully saturated rings. The minimum Gasteiger partial charge on any atom is -0.299 e. The van der Waals surface area contributed by atoms with Gasteiger partial charge in [-0.05, 0) is 25.5 Å². The number of carbonyl (C=O) groups excluding carboxylic acids is 1. The first-order valence-electron chi connectivity index (χ1n) is 7.73. The van der Waals surface area contributed by atoms with Crippen LogP contribution in [0.5, 0.6) is 0 Å². The Morgan fingerprint density at radius 1 is 1.04 bits per heavy atom. The molecule has 4 atom stereocenters. The van der Waals surface area contributed by atoms with Crippen LogP contribution in [0.4, 0.5) is 22.0 Å². The van der Waals surface area contributed by atoms with Gasteiger partial charge in [-0.3, -0.25) is 4.79 Å². The van der Waals surface area contributed by atoms with E-state index in [0.29, 0.717) is 6.42 Å². The number of hydrogen-bond acceptors (Lipinski definition) is 3. The van der Waals surface area contributed by atoms with Crippen LogP contribution in [-0.2, 0) is 14.6 Å². The zero-order chi connectivity index (χ0) is 18.5. The summed E-state index contributed by atoms with van der Waals surface area (Å²) in [5.74, 6) is -10.8. The normalized spacial score (nSPS) is 32.4. The van der Waals surface area contributed by atoms with E-state index in [9.17, 15) is 26.7 Å². The quantitative estimate of drug-likeness (QED) is 0.344. The molecule has 1 heterocycles. The molecule has 0 amide bonds. The van der Waals surface area contributed by atoms with Crippen molar-refractivity contribution in [3.8, 4) is 0 Å². The molecular weight excluding hydrogens is 347 g/mol. The summed E-state index contributed by atoms with van der Waals surface area (Å²) in [7, 11) is 0. The van der Waals surface area contributed by atoms with Crippen molar-refractivity contribution in [2.45, 2.75) is 38.4 Å². The first-order valence-corrected chi connectivity index (χ1v) is 7.73. The van der Waals surface area contributed by atoms with Crippen LogP contribution in [0.25, 0.3) is 6.08 Å². The van der Waals surface area contributed by atoms with Crippen molar-refractivity contribution in [1.82, 2.24) is 0 Å². The number of carbonyl (C=O) groups is 1. The van der Waals surface area contributed by atoms with Gasteiger partial charge in [-0.2, -0.15) is 0 Å². The molecule has 1 saturated heterocycles. The van der Waals surface area contributed by atoms with Crippen molar-refractivity contribution < 1.29 is 36.5 Å². The highest BCUT2D eigenvalue weighted by Gasteiger charge is 2.48. The van der Waals surface area contributed by atoms with E-state index in [2.05, 4.69) is 0 Å². The zero-order valence-corrected chi connectivity index (χ0v) is 13.4. The maximum Gasteiger partial charge on any atom is 0.200 e. The maximum absolute atomic E-state index is 13.7. The molecule has 136 valence electrons. The molecule has 0 aromatic heterocycles. The number of benzene rings is 1. The van der Waals surface area contributed by atoms with Gasteiger partial charge in [-0.15, -0.1) is 0 Å². The smallest absolute Gasteiger partial charge is 0.200 e. The molecule has 1 aliphatic heterocycles. The average Bonchev–Trinajstić information content (AvgIpc) is 2.59. The molecule has 4 unspecified atom stereocenters. The summed E-state index contributed by atoms with van der Waals surface area (Å²) in [5, 5.41) is 0. The molecule has 3 rings (SSSR count). The lowest BCUT2D eigenvalue weighted by Gasteiger charge is -2.45. The van der Waals surface area contributed by atoms with E-state index in [1.165, 1.54) is 6.92 Å². The van der Waals surface area contributed by atoms with E-state index in [1.807, 2.05) is 0 Å². The van der Waals surface area contributed by atoms with E-state index in [4.69, 9.17) is 9.78 Å². The van der Waals surface area contributed by atoms with Gasteiger partial charge in [0.15, 0.2) is 23.3 Å². The Bertz CT molecular complexity index is 734. The van der Waals surface area contributed by atoms with Gasteiger partial charge >= 0.3 is 0 Å².